The predicted octanol–water partition coefficient (Wildman–Crippen LogP) is 3.79. The number of aromatic amines is 1. The molecule has 0 saturated carbocycles. The number of H-pyrrole nitrogens is 1. The number of pyridine rings is 1. The number of benzene rings is 1. The molecule has 0 radical (unpaired) electrons. The van der Waals surface area contributed by atoms with Gasteiger partial charge in [-0.1, -0.05) is 15.9 Å². The van der Waals surface area contributed by atoms with Gasteiger partial charge in [-0.15, -0.1) is 0 Å². The van der Waals surface area contributed by atoms with Gasteiger partial charge in [-0.2, -0.15) is 0 Å². The Labute approximate surface area is 95.5 Å². The SMILES string of the molecule is Cc1cnc2[nH]c3ccc(Br)cc3c2c1. The van der Waals surface area contributed by atoms with Crippen LogP contribution in [0.3, 0.4) is 0 Å². The molecule has 0 aliphatic heterocycles. The maximum absolute atomic E-state index is 4.38. The van der Waals surface area contributed by atoms with Gasteiger partial charge in [0, 0.05) is 27.0 Å². The van der Waals surface area contributed by atoms with Crippen LogP contribution in [0.25, 0.3) is 21.9 Å². The summed E-state index contributed by atoms with van der Waals surface area (Å²) in [6.45, 7) is 2.06. The molecule has 3 heteroatoms. The quantitative estimate of drug-likeness (QED) is 0.655. The highest BCUT2D eigenvalue weighted by Crippen LogP contribution is 2.27. The Hall–Kier alpha value is -1.35. The smallest absolute Gasteiger partial charge is 0.138 e. The number of fused-ring (bicyclic) bond motifs is 3. The minimum atomic E-state index is 0.953. The third kappa shape index (κ3) is 1.35. The molecule has 2 nitrogen and oxygen atoms in total. The van der Waals surface area contributed by atoms with Crippen molar-refractivity contribution in [3.63, 3.8) is 0 Å². The fraction of sp³-hybridized carbons (Fsp3) is 0.0833. The topological polar surface area (TPSA) is 28.7 Å². The van der Waals surface area contributed by atoms with Gasteiger partial charge in [-0.3, -0.25) is 0 Å². The van der Waals surface area contributed by atoms with Gasteiger partial charge in [-0.05, 0) is 36.8 Å². The molecule has 1 N–H and O–H groups in total. The van der Waals surface area contributed by atoms with E-state index in [1.807, 2.05) is 12.3 Å². The van der Waals surface area contributed by atoms with E-state index in [1.165, 1.54) is 16.3 Å². The number of hydrogen-bond acceptors (Lipinski definition) is 1. The van der Waals surface area contributed by atoms with Crippen LogP contribution in [0, 0.1) is 6.92 Å². The van der Waals surface area contributed by atoms with Gasteiger partial charge < -0.3 is 4.98 Å². The molecule has 0 fully saturated rings. The summed E-state index contributed by atoms with van der Waals surface area (Å²) in [5.41, 5.74) is 3.27. The van der Waals surface area contributed by atoms with Crippen LogP contribution in [0.15, 0.2) is 34.9 Å². The van der Waals surface area contributed by atoms with Crippen molar-refractivity contribution in [3.05, 3.63) is 40.5 Å². The molecule has 0 amide bonds. The van der Waals surface area contributed by atoms with Crippen molar-refractivity contribution in [2.24, 2.45) is 0 Å². The normalized spacial score (nSPS) is 11.3. The fourth-order valence-corrected chi connectivity index (χ4v) is 2.21. The van der Waals surface area contributed by atoms with E-state index >= 15 is 0 Å². The van der Waals surface area contributed by atoms with E-state index in [-0.39, 0.29) is 0 Å². The first-order chi connectivity index (χ1) is 7.24. The number of nitrogens with zero attached hydrogens (tertiary/aromatic N) is 1. The molecule has 0 saturated heterocycles. The molecule has 0 spiro atoms. The van der Waals surface area contributed by atoms with Crippen LogP contribution < -0.4 is 0 Å². The second-order valence-corrected chi connectivity index (χ2v) is 4.64. The Morgan fingerprint density at radius 2 is 2.07 bits per heavy atom. The number of aromatic nitrogens is 2. The first-order valence-electron chi connectivity index (χ1n) is 4.77. The molecule has 74 valence electrons. The summed E-state index contributed by atoms with van der Waals surface area (Å²) >= 11 is 3.49. The number of hydrogen-bond donors (Lipinski definition) is 1. The van der Waals surface area contributed by atoms with Gasteiger partial charge in [0.2, 0.25) is 0 Å². The van der Waals surface area contributed by atoms with Crippen molar-refractivity contribution in [3.8, 4) is 0 Å². The molecule has 2 heterocycles. The van der Waals surface area contributed by atoms with E-state index in [0.717, 1.165) is 15.6 Å². The number of aryl methyl sites for hydroxylation is 1. The van der Waals surface area contributed by atoms with E-state index in [1.54, 1.807) is 0 Å². The van der Waals surface area contributed by atoms with Gasteiger partial charge in [0.25, 0.3) is 0 Å². The average Bonchev–Trinajstić information content (AvgIpc) is 2.56. The lowest BCUT2D eigenvalue weighted by Crippen LogP contribution is -1.77. The molecule has 1 aromatic carbocycles. The maximum atomic E-state index is 4.38. The molecule has 0 atom stereocenters. The van der Waals surface area contributed by atoms with E-state index in [2.05, 4.69) is 51.0 Å². The van der Waals surface area contributed by atoms with Crippen LogP contribution in [0.4, 0.5) is 0 Å². The molecule has 15 heavy (non-hydrogen) atoms. The van der Waals surface area contributed by atoms with E-state index in [9.17, 15) is 0 Å². The van der Waals surface area contributed by atoms with Gasteiger partial charge >= 0.3 is 0 Å². The second kappa shape index (κ2) is 3.07. The number of halogens is 1. The Kier molecular flexibility index (Phi) is 1.83. The minimum absolute atomic E-state index is 0.953. The first kappa shape index (κ1) is 8.92. The Bertz CT molecular complexity index is 599. The fourth-order valence-electron chi connectivity index (χ4n) is 1.85. The highest BCUT2D eigenvalue weighted by atomic mass is 79.9. The zero-order chi connectivity index (χ0) is 10.4. The van der Waals surface area contributed by atoms with Crippen LogP contribution in [0.5, 0.6) is 0 Å². The first-order valence-corrected chi connectivity index (χ1v) is 5.57. The van der Waals surface area contributed by atoms with Crippen LogP contribution in [0.2, 0.25) is 0 Å². The highest BCUT2D eigenvalue weighted by molar-refractivity contribution is 9.10. The van der Waals surface area contributed by atoms with Crippen LogP contribution in [-0.2, 0) is 0 Å². The molecule has 2 aromatic heterocycles. The zero-order valence-electron chi connectivity index (χ0n) is 8.21. The van der Waals surface area contributed by atoms with E-state index in [4.69, 9.17) is 0 Å². The lowest BCUT2D eigenvalue weighted by molar-refractivity contribution is 1.30. The van der Waals surface area contributed by atoms with Gasteiger partial charge in [0.1, 0.15) is 5.65 Å². The highest BCUT2D eigenvalue weighted by Gasteiger charge is 2.05. The summed E-state index contributed by atoms with van der Waals surface area (Å²) < 4.78 is 1.09. The summed E-state index contributed by atoms with van der Waals surface area (Å²) in [6, 6.07) is 8.38. The minimum Gasteiger partial charge on any atom is -0.339 e. The summed E-state index contributed by atoms with van der Waals surface area (Å²) in [6.07, 6.45) is 1.88. The lowest BCUT2D eigenvalue weighted by atomic mass is 10.2. The summed E-state index contributed by atoms with van der Waals surface area (Å²) in [7, 11) is 0. The van der Waals surface area contributed by atoms with Crippen LogP contribution in [0.1, 0.15) is 5.56 Å². The molecule has 3 rings (SSSR count). The average molecular weight is 261 g/mol. The summed E-state index contributed by atoms with van der Waals surface area (Å²) in [5, 5.41) is 2.40. The Morgan fingerprint density at radius 1 is 1.20 bits per heavy atom. The van der Waals surface area contributed by atoms with Crippen molar-refractivity contribution < 1.29 is 0 Å². The number of rotatable bonds is 0. The van der Waals surface area contributed by atoms with Crippen molar-refractivity contribution in [2.45, 2.75) is 6.92 Å². The summed E-state index contributed by atoms with van der Waals surface area (Å²) in [4.78, 5) is 7.68. The monoisotopic (exact) mass is 260 g/mol. The van der Waals surface area contributed by atoms with Crippen molar-refractivity contribution in [1.29, 1.82) is 0 Å². The van der Waals surface area contributed by atoms with Gasteiger partial charge in [-0.25, -0.2) is 4.98 Å². The molecular formula is C12H9BrN2. The predicted molar refractivity (Wildman–Crippen MR) is 66.0 cm³/mol. The lowest BCUT2D eigenvalue weighted by Gasteiger charge is -1.93. The standard InChI is InChI=1S/C12H9BrN2/c1-7-4-10-9-5-8(13)2-3-11(9)15-12(10)14-6-7/h2-6H,1H3,(H,14,15). The van der Waals surface area contributed by atoms with E-state index in [0.29, 0.717) is 0 Å². The molecule has 3 aromatic rings. The molecular weight excluding hydrogens is 252 g/mol. The maximum Gasteiger partial charge on any atom is 0.138 e. The van der Waals surface area contributed by atoms with Crippen molar-refractivity contribution in [2.75, 3.05) is 0 Å². The third-order valence-electron chi connectivity index (χ3n) is 2.55. The molecule has 0 bridgehead atoms. The molecule has 0 unspecified atom stereocenters. The van der Waals surface area contributed by atoms with E-state index < -0.39 is 0 Å². The summed E-state index contributed by atoms with van der Waals surface area (Å²) in [5.74, 6) is 0. The Balaban J connectivity index is 2.55. The second-order valence-electron chi connectivity index (χ2n) is 3.72. The van der Waals surface area contributed by atoms with Gasteiger partial charge in [0.15, 0.2) is 0 Å². The largest absolute Gasteiger partial charge is 0.339 e. The van der Waals surface area contributed by atoms with Crippen molar-refractivity contribution >= 4 is 37.9 Å². The van der Waals surface area contributed by atoms with Crippen LogP contribution >= 0.6 is 15.9 Å². The van der Waals surface area contributed by atoms with Crippen LogP contribution in [-0.4, -0.2) is 9.97 Å². The Morgan fingerprint density at radius 3 is 2.93 bits per heavy atom. The van der Waals surface area contributed by atoms with Crippen molar-refractivity contribution in [1.82, 2.24) is 9.97 Å². The molecule has 0 aliphatic rings. The van der Waals surface area contributed by atoms with Gasteiger partial charge in [0.05, 0.1) is 0 Å². The molecule has 0 aliphatic carbocycles. The third-order valence-corrected chi connectivity index (χ3v) is 3.04. The number of nitrogens with one attached hydrogen (secondary N) is 1. The zero-order valence-corrected chi connectivity index (χ0v) is 9.80.